The van der Waals surface area contributed by atoms with Crippen LogP contribution in [0.15, 0.2) is 35.5 Å². The van der Waals surface area contributed by atoms with Crippen LogP contribution in [0.3, 0.4) is 0 Å². The second-order valence-electron chi connectivity index (χ2n) is 2.93. The minimum absolute atomic E-state index is 0. The van der Waals surface area contributed by atoms with Crippen LogP contribution in [0.4, 0.5) is 0 Å². The maximum atomic E-state index is 3.12. The zero-order chi connectivity index (χ0) is 8.81. The summed E-state index contributed by atoms with van der Waals surface area (Å²) in [4.78, 5) is 0. The third-order valence-corrected chi connectivity index (χ3v) is 1.73. The number of rotatable bonds is 0. The number of hydrogen-bond acceptors (Lipinski definition) is 0. The summed E-state index contributed by atoms with van der Waals surface area (Å²) in [5.41, 5.74) is 2.55. The second-order valence-corrected chi connectivity index (χ2v) is 2.93. The van der Waals surface area contributed by atoms with E-state index in [-0.39, 0.29) is 28.7 Å². The number of allylic oxidation sites excluding steroid dienone is 8. The van der Waals surface area contributed by atoms with Crippen LogP contribution in [0, 0.1) is 12.2 Å². The first-order valence-corrected chi connectivity index (χ1v) is 4.27. The van der Waals surface area contributed by atoms with Crippen molar-refractivity contribution in [2.45, 2.75) is 26.7 Å². The first-order chi connectivity index (χ1) is 5.79. The molecule has 0 amide bonds. The molecule has 0 aliphatic heterocycles. The monoisotopic (exact) mass is 340 g/mol. The Hall–Kier alpha value is -0.170. The Bertz CT molecular complexity index is 229. The summed E-state index contributed by atoms with van der Waals surface area (Å²) >= 11 is 0. The van der Waals surface area contributed by atoms with Gasteiger partial charge in [0.2, 0.25) is 0 Å². The molecule has 68 valence electrons. The van der Waals surface area contributed by atoms with Crippen molar-refractivity contribution in [3.05, 3.63) is 47.6 Å². The van der Waals surface area contributed by atoms with Gasteiger partial charge in [-0.05, 0) is 0 Å². The Morgan fingerprint density at radius 3 is 1.46 bits per heavy atom. The molecule has 2 aliphatic rings. The molecule has 0 nitrogen and oxygen atoms in total. The Morgan fingerprint density at radius 1 is 1.00 bits per heavy atom. The topological polar surface area (TPSA) is 0 Å². The van der Waals surface area contributed by atoms with E-state index in [0.29, 0.717) is 0 Å². The van der Waals surface area contributed by atoms with Crippen molar-refractivity contribution in [1.82, 2.24) is 0 Å². The molecule has 0 radical (unpaired) electrons. The van der Waals surface area contributed by atoms with Gasteiger partial charge in [-0.25, -0.2) is 23.3 Å². The Kier molecular flexibility index (Phi) is 7.16. The van der Waals surface area contributed by atoms with Crippen molar-refractivity contribution in [2.75, 3.05) is 0 Å². The van der Waals surface area contributed by atoms with Gasteiger partial charge in [0.25, 0.3) is 0 Å². The fraction of sp³-hybridized carbons (Fsp3) is 0.333. The Morgan fingerprint density at radius 2 is 1.38 bits per heavy atom. The van der Waals surface area contributed by atoms with Gasteiger partial charge in [0.15, 0.2) is 0 Å². The van der Waals surface area contributed by atoms with Crippen molar-refractivity contribution < 1.29 is 28.7 Å². The van der Waals surface area contributed by atoms with E-state index in [1.807, 2.05) is 0 Å². The van der Waals surface area contributed by atoms with E-state index >= 15 is 0 Å². The first kappa shape index (κ1) is 12.8. The molecule has 0 aromatic carbocycles. The molecule has 2 rings (SSSR count). The molecule has 0 aromatic rings. The second kappa shape index (κ2) is 7.25. The maximum absolute atomic E-state index is 3.12. The van der Waals surface area contributed by atoms with Crippen LogP contribution in [-0.2, 0) is 25.8 Å². The summed E-state index contributed by atoms with van der Waals surface area (Å²) in [7, 11) is 0. The van der Waals surface area contributed by atoms with Gasteiger partial charge in [-0.15, -0.1) is 12.8 Å². The normalized spacial score (nSPS) is 17.1. The van der Waals surface area contributed by atoms with Crippen LogP contribution in [0.1, 0.15) is 29.5 Å². The Labute approximate surface area is 103 Å². The van der Waals surface area contributed by atoms with Crippen LogP contribution in [0.25, 0.3) is 0 Å². The largest absolute Gasteiger partial charge is 4.00 e. The zero-order valence-electron chi connectivity index (χ0n) is 10.2. The van der Waals surface area contributed by atoms with E-state index in [2.05, 4.69) is 50.3 Å². The van der Waals surface area contributed by atoms with E-state index < -0.39 is 0 Å². The quantitative estimate of drug-likeness (QED) is 0.467. The van der Waals surface area contributed by atoms with Crippen molar-refractivity contribution in [3.8, 4) is 0 Å². The minimum Gasteiger partial charge on any atom is -1.00 e. The van der Waals surface area contributed by atoms with E-state index in [1.165, 1.54) is 11.1 Å². The van der Waals surface area contributed by atoms with Crippen molar-refractivity contribution >= 4 is 0 Å². The molecule has 0 spiro atoms. The molecule has 2 aliphatic carbocycles. The predicted octanol–water partition coefficient (Wildman–Crippen LogP) is 3.61. The molecule has 1 heteroatoms. The van der Waals surface area contributed by atoms with Gasteiger partial charge in [-0.3, -0.25) is 12.2 Å². The molecule has 0 bridgehead atoms. The predicted molar refractivity (Wildman–Crippen MR) is 54.6 cm³/mol. The summed E-state index contributed by atoms with van der Waals surface area (Å²) in [6.45, 7) is 4.12. The smallest absolute Gasteiger partial charge is 1.00 e. The third-order valence-electron chi connectivity index (χ3n) is 1.73. The van der Waals surface area contributed by atoms with E-state index in [4.69, 9.17) is 0 Å². The fourth-order valence-corrected chi connectivity index (χ4v) is 1.03. The SMILES string of the molecule is CC1=[C-]CC=C1.CC1=[C-]CC=C1.[H-].[H-].[Hf+4]. The van der Waals surface area contributed by atoms with Gasteiger partial charge in [0.1, 0.15) is 0 Å². The van der Waals surface area contributed by atoms with Crippen LogP contribution in [0.5, 0.6) is 0 Å². The van der Waals surface area contributed by atoms with E-state index in [9.17, 15) is 0 Å². The standard InChI is InChI=1S/2C6H7.Hf.2H/c2*1-6-4-2-3-5-6;;;/h2*2,4H,3H2,1H3;;;/q2*-1;+4;2*-1. The van der Waals surface area contributed by atoms with E-state index in [0.717, 1.165) is 12.8 Å². The average molecular weight is 339 g/mol. The minimum atomic E-state index is 0. The fourth-order valence-electron chi connectivity index (χ4n) is 1.03. The van der Waals surface area contributed by atoms with Gasteiger partial charge >= 0.3 is 25.8 Å². The van der Waals surface area contributed by atoms with Crippen molar-refractivity contribution in [3.63, 3.8) is 0 Å². The molecule has 0 saturated carbocycles. The van der Waals surface area contributed by atoms with Crippen LogP contribution < -0.4 is 0 Å². The Balaban J connectivity index is -0.000000160. The van der Waals surface area contributed by atoms with Crippen molar-refractivity contribution in [1.29, 1.82) is 0 Å². The number of hydrogen-bond donors (Lipinski definition) is 0. The molecule has 0 N–H and O–H groups in total. The summed E-state index contributed by atoms with van der Waals surface area (Å²) in [6.07, 6.45) is 16.7. The zero-order valence-corrected chi connectivity index (χ0v) is 11.8. The molecule has 0 atom stereocenters. The molecule has 0 unspecified atom stereocenters. The van der Waals surface area contributed by atoms with Gasteiger partial charge in [0.05, 0.1) is 0 Å². The summed E-state index contributed by atoms with van der Waals surface area (Å²) in [5, 5.41) is 0. The molecule has 0 aromatic heterocycles. The molecular formula is C12H16Hf. The van der Waals surface area contributed by atoms with Gasteiger partial charge in [-0.2, -0.15) is 12.2 Å². The molecule has 13 heavy (non-hydrogen) atoms. The summed E-state index contributed by atoms with van der Waals surface area (Å²) in [6, 6.07) is 0. The van der Waals surface area contributed by atoms with Crippen LogP contribution in [-0.4, -0.2) is 0 Å². The summed E-state index contributed by atoms with van der Waals surface area (Å²) in [5.74, 6) is 0. The van der Waals surface area contributed by atoms with Crippen LogP contribution >= 0.6 is 0 Å². The van der Waals surface area contributed by atoms with Gasteiger partial charge in [0, 0.05) is 0 Å². The molecule has 0 heterocycles. The molecule has 0 saturated heterocycles. The molecular weight excluding hydrogens is 323 g/mol. The maximum Gasteiger partial charge on any atom is 4.00 e. The average Bonchev–Trinajstić information content (AvgIpc) is 2.63. The summed E-state index contributed by atoms with van der Waals surface area (Å²) < 4.78 is 0. The van der Waals surface area contributed by atoms with Gasteiger partial charge < -0.3 is 2.85 Å². The first-order valence-electron chi connectivity index (χ1n) is 4.27. The third kappa shape index (κ3) is 5.98. The molecule has 0 fully saturated rings. The van der Waals surface area contributed by atoms with Crippen molar-refractivity contribution in [2.24, 2.45) is 0 Å². The van der Waals surface area contributed by atoms with Crippen LogP contribution in [0.2, 0.25) is 0 Å². The van der Waals surface area contributed by atoms with Gasteiger partial charge in [-0.1, -0.05) is 13.8 Å². The van der Waals surface area contributed by atoms with E-state index in [1.54, 1.807) is 0 Å².